The molecular weight excluding hydrogens is 1120 g/mol. The Hall–Kier alpha value is -1.61. The predicted molar refractivity (Wildman–Crippen MR) is 342 cm³/mol. The molecule has 86 heavy (non-hydrogen) atoms. The maximum Gasteiger partial charge on any atom is 0.472 e. The minimum atomic E-state index is -5.30. The van der Waals surface area contributed by atoms with E-state index in [1.165, 1.54) is 96.3 Å². The number of aliphatic hydroxyl groups is 3. The van der Waals surface area contributed by atoms with E-state index in [4.69, 9.17) is 37.7 Å². The van der Waals surface area contributed by atoms with E-state index in [1.807, 2.05) is 0 Å². The Labute approximate surface area is 522 Å². The van der Waals surface area contributed by atoms with Crippen LogP contribution < -0.4 is 10.6 Å². The van der Waals surface area contributed by atoms with E-state index in [0.29, 0.717) is 25.7 Å². The van der Waals surface area contributed by atoms with Crippen molar-refractivity contribution >= 4 is 19.6 Å². The van der Waals surface area contributed by atoms with Crippen LogP contribution in [0.15, 0.2) is 12.2 Å². The van der Waals surface area contributed by atoms with Gasteiger partial charge in [-0.3, -0.25) is 14.1 Å². The molecule has 2 unspecified atom stereocenters. The van der Waals surface area contributed by atoms with Gasteiger partial charge >= 0.3 is 7.82 Å². The van der Waals surface area contributed by atoms with E-state index < -0.39 is 87.7 Å². The van der Waals surface area contributed by atoms with Crippen LogP contribution in [0.5, 0.6) is 0 Å². The molecule has 0 aromatic heterocycles. The van der Waals surface area contributed by atoms with E-state index in [1.54, 1.807) is 14.2 Å². The van der Waals surface area contributed by atoms with Gasteiger partial charge in [-0.15, -0.1) is 0 Å². The first-order valence-electron chi connectivity index (χ1n) is 34.9. The van der Waals surface area contributed by atoms with Crippen LogP contribution in [0.25, 0.3) is 0 Å². The standard InChI is InChI=1S/C67H129N2O16P/c1-7-11-15-19-22-25-26-27-28-29-30-32-34-38-42-46-58(71)68-60-64(81-51-48-54(78-5)44-40-36-18-14-10-4)62(73)56(47-49-70)83-66(60)82-53-57-63(74)65(80-50-43-39-35-24-21-17-13-9-3)61(67(84-57)85-86(75,76)77)69-59(72)52-55(79-6)45-41-37-33-31-23-20-16-12-8-2/h25-26,54-57,60-67,70,73-74H,7-24,27-53H2,1-6H3,(H,68,71)(H,69,72)(H2,75,76,77)/t54?,55?,56-,57-,60-,61-,62-,63-,64-,65-,66-,67-/m1/s1. The second-order valence-corrected chi connectivity index (χ2v) is 25.9. The van der Waals surface area contributed by atoms with Crippen molar-refractivity contribution in [2.75, 3.05) is 40.6 Å². The molecule has 0 bridgehead atoms. The molecule has 2 rings (SSSR count). The molecule has 2 heterocycles. The quantitative estimate of drug-likeness (QED) is 0.0170. The molecule has 0 radical (unpaired) electrons. The number of nitrogens with one attached hydrogen (secondary N) is 2. The fourth-order valence-electron chi connectivity index (χ4n) is 11.8. The Morgan fingerprint density at radius 1 is 0.500 bits per heavy atom. The number of allylic oxidation sites excluding steroid dienone is 2. The summed E-state index contributed by atoms with van der Waals surface area (Å²) in [5.74, 6) is -0.791. The van der Waals surface area contributed by atoms with Gasteiger partial charge in [-0.1, -0.05) is 226 Å². The molecule has 0 aromatic rings. The zero-order valence-corrected chi connectivity index (χ0v) is 56.0. The lowest BCUT2D eigenvalue weighted by atomic mass is 9.94. The van der Waals surface area contributed by atoms with Gasteiger partial charge in [0.15, 0.2) is 12.6 Å². The lowest BCUT2D eigenvalue weighted by molar-refractivity contribution is -0.300. The maximum atomic E-state index is 14.0. The average Bonchev–Trinajstić information content (AvgIpc) is 2.21. The fourth-order valence-corrected chi connectivity index (χ4v) is 12.2. The van der Waals surface area contributed by atoms with Crippen LogP contribution in [0.4, 0.5) is 0 Å². The summed E-state index contributed by atoms with van der Waals surface area (Å²) in [6, 6.07) is -2.45. The molecule has 0 saturated carbocycles. The zero-order valence-electron chi connectivity index (χ0n) is 55.1. The van der Waals surface area contributed by atoms with Gasteiger partial charge in [0.25, 0.3) is 0 Å². The number of ether oxygens (including phenoxy) is 7. The Balaban J connectivity index is 2.35. The van der Waals surface area contributed by atoms with E-state index in [-0.39, 0.29) is 51.1 Å². The second kappa shape index (κ2) is 53.0. The summed E-state index contributed by atoms with van der Waals surface area (Å²) < 4.78 is 61.6. The van der Waals surface area contributed by atoms with E-state index in [2.05, 4.69) is 50.5 Å². The first-order valence-corrected chi connectivity index (χ1v) is 36.5. The minimum absolute atomic E-state index is 0.00966. The highest BCUT2D eigenvalue weighted by Crippen LogP contribution is 2.41. The monoisotopic (exact) mass is 1250 g/mol. The lowest BCUT2D eigenvalue weighted by Crippen LogP contribution is -2.67. The van der Waals surface area contributed by atoms with Gasteiger partial charge < -0.3 is 68.9 Å². The van der Waals surface area contributed by atoms with Gasteiger partial charge in [0.2, 0.25) is 11.8 Å². The minimum Gasteiger partial charge on any atom is -0.396 e. The third kappa shape index (κ3) is 38.3. The molecule has 2 fully saturated rings. The number of methoxy groups -OCH3 is 2. The van der Waals surface area contributed by atoms with Crippen molar-refractivity contribution in [2.45, 2.75) is 364 Å². The number of amides is 2. The van der Waals surface area contributed by atoms with Gasteiger partial charge in [0, 0.05) is 40.5 Å². The molecule has 7 N–H and O–H groups in total. The van der Waals surface area contributed by atoms with Crippen LogP contribution >= 0.6 is 7.82 Å². The van der Waals surface area contributed by atoms with E-state index in [0.717, 1.165) is 122 Å². The third-order valence-electron chi connectivity index (χ3n) is 17.1. The molecule has 18 nitrogen and oxygen atoms in total. The summed E-state index contributed by atoms with van der Waals surface area (Å²) in [5.41, 5.74) is 0. The van der Waals surface area contributed by atoms with Crippen LogP contribution in [0.2, 0.25) is 0 Å². The van der Waals surface area contributed by atoms with Crippen LogP contribution in [-0.2, 0) is 51.8 Å². The third-order valence-corrected chi connectivity index (χ3v) is 17.6. The van der Waals surface area contributed by atoms with Crippen molar-refractivity contribution in [3.63, 3.8) is 0 Å². The number of hydrogen-bond donors (Lipinski definition) is 7. The van der Waals surface area contributed by atoms with Gasteiger partial charge in [0.1, 0.15) is 42.6 Å². The number of rotatable bonds is 58. The van der Waals surface area contributed by atoms with Crippen LogP contribution in [-0.4, -0.2) is 151 Å². The summed E-state index contributed by atoms with van der Waals surface area (Å²) in [6.45, 7) is 8.35. The highest BCUT2D eigenvalue weighted by molar-refractivity contribution is 7.46. The summed E-state index contributed by atoms with van der Waals surface area (Å²) in [5, 5.41) is 40.3. The number of unbranched alkanes of at least 4 members (excludes halogenated alkanes) is 30. The predicted octanol–water partition coefficient (Wildman–Crippen LogP) is 13.7. The number of carbonyl (C=O) groups is 2. The van der Waals surface area contributed by atoms with Crippen molar-refractivity contribution in [2.24, 2.45) is 0 Å². The number of aliphatic hydroxyl groups excluding tert-OH is 3. The Morgan fingerprint density at radius 2 is 0.919 bits per heavy atom. The van der Waals surface area contributed by atoms with Crippen molar-refractivity contribution in [3.8, 4) is 0 Å². The normalized spacial score (nSPS) is 23.5. The first kappa shape index (κ1) is 80.5. The largest absolute Gasteiger partial charge is 0.472 e. The molecule has 0 aliphatic carbocycles. The van der Waals surface area contributed by atoms with Crippen LogP contribution in [0.3, 0.4) is 0 Å². The fraction of sp³-hybridized carbons (Fsp3) is 0.940. The average molecular weight is 1250 g/mol. The summed E-state index contributed by atoms with van der Waals surface area (Å²) in [4.78, 5) is 48.5. The highest BCUT2D eigenvalue weighted by atomic mass is 31.2. The van der Waals surface area contributed by atoms with Gasteiger partial charge in [-0.25, -0.2) is 4.57 Å². The molecule has 2 saturated heterocycles. The Bertz CT molecular complexity index is 1680. The molecular formula is C67H129N2O16P. The summed E-state index contributed by atoms with van der Waals surface area (Å²) in [7, 11) is -2.07. The summed E-state index contributed by atoms with van der Waals surface area (Å²) >= 11 is 0. The van der Waals surface area contributed by atoms with Gasteiger partial charge in [-0.2, -0.15) is 0 Å². The molecule has 2 aliphatic heterocycles. The molecule has 0 spiro atoms. The zero-order chi connectivity index (χ0) is 62.9. The smallest absolute Gasteiger partial charge is 0.396 e. The van der Waals surface area contributed by atoms with Crippen molar-refractivity contribution < 1.29 is 76.9 Å². The second-order valence-electron chi connectivity index (χ2n) is 24.7. The maximum absolute atomic E-state index is 14.0. The van der Waals surface area contributed by atoms with Gasteiger partial charge in [0.05, 0.1) is 31.3 Å². The van der Waals surface area contributed by atoms with Crippen molar-refractivity contribution in [1.29, 1.82) is 0 Å². The molecule has 19 heteroatoms. The van der Waals surface area contributed by atoms with Crippen LogP contribution in [0.1, 0.15) is 291 Å². The number of hydrogen-bond acceptors (Lipinski definition) is 14. The SMILES string of the molecule is CCCCCCC=CCCCCCCCCCC(=O)N[C@H]1[C@H](OC[C@H]2O[C@H](OP(=O)(O)O)[C@H](NC(=O)CC(CCCCCCCCCCC)OC)[C@@H](OCCCCCCCCCC)[C@@H]2O)O[C@H](CCO)[C@@H](O)[C@@H]1OCCC(CCCCCCC)OC. The molecule has 2 amide bonds. The Kier molecular flexibility index (Phi) is 49.6. The number of phosphoric acid groups is 1. The number of carbonyl (C=O) groups excluding carboxylic acids is 2. The van der Waals surface area contributed by atoms with Gasteiger partial charge in [-0.05, 0) is 64.2 Å². The first-order chi connectivity index (χ1) is 41.8. The Morgan fingerprint density at radius 3 is 1.43 bits per heavy atom. The highest BCUT2D eigenvalue weighted by Gasteiger charge is 2.52. The molecule has 508 valence electrons. The number of phosphoric ester groups is 1. The van der Waals surface area contributed by atoms with E-state index >= 15 is 0 Å². The van der Waals surface area contributed by atoms with E-state index in [9.17, 15) is 39.3 Å². The molecule has 0 aromatic carbocycles. The molecule has 2 aliphatic rings. The molecule has 12 atom stereocenters. The van der Waals surface area contributed by atoms with Crippen molar-refractivity contribution in [3.05, 3.63) is 12.2 Å². The summed E-state index contributed by atoms with van der Waals surface area (Å²) in [6.07, 6.45) is 34.3. The van der Waals surface area contributed by atoms with Crippen LogP contribution in [0, 0.1) is 0 Å². The van der Waals surface area contributed by atoms with Crippen molar-refractivity contribution in [1.82, 2.24) is 10.6 Å². The topological polar surface area (TPSA) is 250 Å². The lowest BCUT2D eigenvalue weighted by Gasteiger charge is -2.47.